The van der Waals surface area contributed by atoms with Gasteiger partial charge >= 0.3 is 0 Å². The summed E-state index contributed by atoms with van der Waals surface area (Å²) in [5.41, 5.74) is 0. The molecule has 4 atom stereocenters. The number of hydrogen-bond donors (Lipinski definition) is 1. The number of aliphatic hydroxyl groups excluding tert-OH is 1. The van der Waals surface area contributed by atoms with Gasteiger partial charge in [-0.2, -0.15) is 0 Å². The van der Waals surface area contributed by atoms with E-state index in [0.717, 1.165) is 38.4 Å². The molecule has 4 aliphatic rings. The van der Waals surface area contributed by atoms with Crippen molar-refractivity contribution >= 4 is 0 Å². The van der Waals surface area contributed by atoms with Crippen LogP contribution in [0.5, 0.6) is 0 Å². The molecule has 4 fully saturated rings. The first-order valence-corrected chi connectivity index (χ1v) is 8.59. The van der Waals surface area contributed by atoms with Crippen molar-refractivity contribution in [3.63, 3.8) is 0 Å². The third-order valence-electron chi connectivity index (χ3n) is 6.25. The summed E-state index contributed by atoms with van der Waals surface area (Å²) in [6.07, 6.45) is 6.11. The van der Waals surface area contributed by atoms with Gasteiger partial charge in [-0.3, -0.25) is 9.80 Å². The molecule has 0 amide bonds. The summed E-state index contributed by atoms with van der Waals surface area (Å²) in [4.78, 5) is 5.09. The molecule has 3 saturated heterocycles. The Bertz CT molecular complexity index is 386. The Morgan fingerprint density at radius 3 is 2.62 bits per heavy atom. The van der Waals surface area contributed by atoms with Crippen molar-refractivity contribution in [2.75, 3.05) is 33.4 Å². The first kappa shape index (κ1) is 14.4. The summed E-state index contributed by atoms with van der Waals surface area (Å²) in [5, 5.41) is 10.5. The maximum Gasteiger partial charge on any atom is 0.170 e. The third kappa shape index (κ3) is 2.53. The van der Waals surface area contributed by atoms with E-state index >= 15 is 0 Å². The quantitative estimate of drug-likeness (QED) is 0.776. The molecular formula is C16H28N2O3. The number of hydrogen-bond acceptors (Lipinski definition) is 5. The van der Waals surface area contributed by atoms with Crippen molar-refractivity contribution in [1.29, 1.82) is 0 Å². The number of likely N-dealkylation sites (tertiary alicyclic amines) is 1. The molecule has 4 unspecified atom stereocenters. The van der Waals surface area contributed by atoms with E-state index in [1.165, 1.54) is 19.3 Å². The number of likely N-dealkylation sites (N-methyl/N-ethyl adjacent to an activating group) is 1. The number of rotatable bonds is 1. The summed E-state index contributed by atoms with van der Waals surface area (Å²) in [6.45, 7) is 3.60. The highest BCUT2D eigenvalue weighted by molar-refractivity contribution is 4.98. The molecule has 0 aromatic carbocycles. The number of nitrogens with zero attached hydrogens (tertiary/aromatic N) is 2. The van der Waals surface area contributed by atoms with Gasteiger partial charge in [0.25, 0.3) is 0 Å². The Morgan fingerprint density at radius 1 is 1.05 bits per heavy atom. The summed E-state index contributed by atoms with van der Waals surface area (Å²) in [5.74, 6) is -0.402. The lowest BCUT2D eigenvalue weighted by atomic mass is 9.86. The number of ether oxygens (including phenoxy) is 2. The Kier molecular flexibility index (Phi) is 3.74. The Balaban J connectivity index is 1.49. The predicted octanol–water partition coefficient (Wildman–Crippen LogP) is 0.811. The lowest BCUT2D eigenvalue weighted by Crippen LogP contribution is -2.55. The van der Waals surface area contributed by atoms with Crippen LogP contribution in [0.1, 0.15) is 38.5 Å². The molecule has 1 spiro atoms. The molecule has 1 aliphatic carbocycles. The molecule has 3 aliphatic heterocycles. The van der Waals surface area contributed by atoms with Crippen LogP contribution >= 0.6 is 0 Å². The molecule has 21 heavy (non-hydrogen) atoms. The fourth-order valence-corrected chi connectivity index (χ4v) is 4.88. The maximum absolute atomic E-state index is 10.5. The summed E-state index contributed by atoms with van der Waals surface area (Å²) in [7, 11) is 2.27. The predicted molar refractivity (Wildman–Crippen MR) is 79.0 cm³/mol. The van der Waals surface area contributed by atoms with E-state index in [2.05, 4.69) is 16.8 Å². The van der Waals surface area contributed by atoms with E-state index in [0.29, 0.717) is 19.3 Å². The Hall–Kier alpha value is -0.200. The smallest absolute Gasteiger partial charge is 0.170 e. The van der Waals surface area contributed by atoms with Crippen molar-refractivity contribution in [2.24, 2.45) is 0 Å². The average Bonchev–Trinajstić information content (AvgIpc) is 3.00. The number of aliphatic hydroxyl groups is 1. The largest absolute Gasteiger partial charge is 0.391 e. The van der Waals surface area contributed by atoms with Crippen LogP contribution in [0, 0.1) is 0 Å². The minimum atomic E-state index is -0.402. The van der Waals surface area contributed by atoms with Gasteiger partial charge in [0.05, 0.1) is 19.3 Å². The Morgan fingerprint density at radius 2 is 1.81 bits per heavy atom. The van der Waals surface area contributed by atoms with Gasteiger partial charge in [0.15, 0.2) is 5.79 Å². The highest BCUT2D eigenvalue weighted by atomic mass is 16.7. The topological polar surface area (TPSA) is 45.2 Å². The van der Waals surface area contributed by atoms with Crippen LogP contribution in [0.3, 0.4) is 0 Å². The second-order valence-electron chi connectivity index (χ2n) is 7.32. The molecule has 0 aromatic heterocycles. The van der Waals surface area contributed by atoms with Gasteiger partial charge in [0.2, 0.25) is 0 Å². The average molecular weight is 296 g/mol. The van der Waals surface area contributed by atoms with Crippen LogP contribution in [0.2, 0.25) is 0 Å². The molecule has 1 N–H and O–H groups in total. The fourth-order valence-electron chi connectivity index (χ4n) is 4.88. The van der Waals surface area contributed by atoms with Crippen LogP contribution in [0.15, 0.2) is 0 Å². The standard InChI is InChI=1S/C16H28N2O3/c1-17-12-2-3-13(17)11-18(7-5-12)14-10-16(6-4-15(14)19)20-8-9-21-16/h12-15,19H,2-11H2,1H3. The van der Waals surface area contributed by atoms with Gasteiger partial charge in [0.1, 0.15) is 0 Å². The van der Waals surface area contributed by atoms with E-state index in [1.54, 1.807) is 0 Å². The van der Waals surface area contributed by atoms with Crippen LogP contribution < -0.4 is 0 Å². The second kappa shape index (κ2) is 5.46. The van der Waals surface area contributed by atoms with E-state index in [-0.39, 0.29) is 12.1 Å². The van der Waals surface area contributed by atoms with Crippen LogP contribution in [0.4, 0.5) is 0 Å². The highest BCUT2D eigenvalue weighted by Gasteiger charge is 2.48. The lowest BCUT2D eigenvalue weighted by molar-refractivity contribution is -0.205. The van der Waals surface area contributed by atoms with Crippen molar-refractivity contribution in [3.8, 4) is 0 Å². The maximum atomic E-state index is 10.5. The van der Waals surface area contributed by atoms with Crippen LogP contribution in [-0.2, 0) is 9.47 Å². The normalized spacial score (nSPS) is 44.3. The van der Waals surface area contributed by atoms with Crippen molar-refractivity contribution in [1.82, 2.24) is 9.80 Å². The second-order valence-corrected chi connectivity index (χ2v) is 7.32. The highest BCUT2D eigenvalue weighted by Crippen LogP contribution is 2.39. The van der Waals surface area contributed by atoms with Gasteiger partial charge in [-0.05, 0) is 32.7 Å². The zero-order valence-electron chi connectivity index (χ0n) is 13.0. The van der Waals surface area contributed by atoms with Crippen molar-refractivity contribution in [3.05, 3.63) is 0 Å². The van der Waals surface area contributed by atoms with Gasteiger partial charge in [-0.15, -0.1) is 0 Å². The monoisotopic (exact) mass is 296 g/mol. The van der Waals surface area contributed by atoms with E-state index in [4.69, 9.17) is 9.47 Å². The van der Waals surface area contributed by atoms with E-state index in [1.807, 2.05) is 0 Å². The van der Waals surface area contributed by atoms with Gasteiger partial charge < -0.3 is 14.6 Å². The van der Waals surface area contributed by atoms with E-state index in [9.17, 15) is 5.11 Å². The molecule has 5 nitrogen and oxygen atoms in total. The first-order chi connectivity index (χ1) is 10.2. The molecule has 2 bridgehead atoms. The van der Waals surface area contributed by atoms with Crippen molar-refractivity contribution < 1.29 is 14.6 Å². The fraction of sp³-hybridized carbons (Fsp3) is 1.00. The molecule has 0 radical (unpaired) electrons. The molecule has 1 saturated carbocycles. The van der Waals surface area contributed by atoms with E-state index < -0.39 is 5.79 Å². The minimum absolute atomic E-state index is 0.199. The van der Waals surface area contributed by atoms with Crippen molar-refractivity contribution in [2.45, 2.75) is 68.5 Å². The Labute approximate surface area is 127 Å². The minimum Gasteiger partial charge on any atom is -0.391 e. The van der Waals surface area contributed by atoms with Gasteiger partial charge in [-0.25, -0.2) is 0 Å². The van der Waals surface area contributed by atoms with Gasteiger partial charge in [0, 0.05) is 44.1 Å². The summed E-state index contributed by atoms with van der Waals surface area (Å²) in [6, 6.07) is 1.60. The zero-order chi connectivity index (χ0) is 14.4. The lowest BCUT2D eigenvalue weighted by Gasteiger charge is -2.44. The molecule has 0 aromatic rings. The third-order valence-corrected chi connectivity index (χ3v) is 6.25. The molecular weight excluding hydrogens is 268 g/mol. The zero-order valence-corrected chi connectivity index (χ0v) is 13.0. The van der Waals surface area contributed by atoms with Gasteiger partial charge in [-0.1, -0.05) is 0 Å². The van der Waals surface area contributed by atoms with Crippen LogP contribution in [0.25, 0.3) is 0 Å². The number of fused-ring (bicyclic) bond motifs is 2. The molecule has 5 heteroatoms. The summed E-state index contributed by atoms with van der Waals surface area (Å²) < 4.78 is 11.8. The summed E-state index contributed by atoms with van der Waals surface area (Å²) >= 11 is 0. The molecule has 4 rings (SSSR count). The SMILES string of the molecule is CN1C2CCC1CN(C1CC3(CCC1O)OCCO3)CC2. The first-order valence-electron chi connectivity index (χ1n) is 8.59. The van der Waals surface area contributed by atoms with Crippen LogP contribution in [-0.4, -0.2) is 78.3 Å². The molecule has 120 valence electrons. The molecule has 3 heterocycles.